The van der Waals surface area contributed by atoms with Crippen molar-refractivity contribution >= 4 is 29.2 Å². The maximum atomic E-state index is 13.2. The Bertz CT molecular complexity index is 1110. The van der Waals surface area contributed by atoms with Gasteiger partial charge in [0.2, 0.25) is 0 Å². The number of epoxide rings is 1. The van der Waals surface area contributed by atoms with Crippen LogP contribution < -0.4 is 0 Å². The highest BCUT2D eigenvalue weighted by Gasteiger charge is 2.52. The van der Waals surface area contributed by atoms with E-state index in [4.69, 9.17) is 15.0 Å². The second kappa shape index (κ2) is 11.9. The molecule has 0 spiro atoms. The number of hydrogen-bond acceptors (Lipinski definition) is 8. The van der Waals surface area contributed by atoms with Crippen molar-refractivity contribution in [2.45, 2.75) is 97.7 Å². The van der Waals surface area contributed by atoms with Gasteiger partial charge in [0.05, 0.1) is 35.1 Å². The topological polar surface area (TPSA) is 138 Å². The number of rotatable bonds is 4. The normalized spacial score (nSPS) is 34.1. The number of ketones is 1. The number of allylic oxidation sites excluding steroid dienone is 1. The van der Waals surface area contributed by atoms with Crippen LogP contribution in [0.4, 0.5) is 0 Å². The van der Waals surface area contributed by atoms with E-state index >= 15 is 0 Å². The number of azide groups is 1. The molecule has 6 atom stereocenters. The third-order valence-corrected chi connectivity index (χ3v) is 8.41. The molecule has 0 saturated carbocycles. The number of hydrogen-bond donors (Lipinski definition) is 1. The van der Waals surface area contributed by atoms with Crippen LogP contribution in [0.25, 0.3) is 16.5 Å². The minimum Gasteiger partial charge on any atom is -0.455 e. The zero-order chi connectivity index (χ0) is 27.4. The molecule has 2 unspecified atom stereocenters. The Hall–Kier alpha value is -2.52. The Kier molecular flexibility index (Phi) is 9.34. The Morgan fingerprint density at radius 1 is 1.35 bits per heavy atom. The van der Waals surface area contributed by atoms with Gasteiger partial charge in [0.25, 0.3) is 0 Å². The number of aliphatic hydroxyl groups is 1. The number of carbonyl (C=O) groups excluding carboxylic acids is 2. The van der Waals surface area contributed by atoms with E-state index in [2.05, 4.69) is 21.9 Å². The molecule has 10 heteroatoms. The van der Waals surface area contributed by atoms with E-state index in [0.29, 0.717) is 17.1 Å². The van der Waals surface area contributed by atoms with E-state index in [1.54, 1.807) is 26.8 Å². The predicted octanol–water partition coefficient (Wildman–Crippen LogP) is 5.78. The first-order chi connectivity index (χ1) is 17.4. The van der Waals surface area contributed by atoms with Crippen molar-refractivity contribution < 1.29 is 24.2 Å². The summed E-state index contributed by atoms with van der Waals surface area (Å²) in [5.41, 5.74) is 8.81. The van der Waals surface area contributed by atoms with Gasteiger partial charge in [0.15, 0.2) is 0 Å². The number of fused-ring (bicyclic) bond motifs is 1. The molecule has 37 heavy (non-hydrogen) atoms. The van der Waals surface area contributed by atoms with Gasteiger partial charge in [-0.15, -0.1) is 11.3 Å². The Morgan fingerprint density at radius 3 is 2.78 bits per heavy atom. The maximum Gasteiger partial charge on any atom is 0.331 e. The second-order valence-corrected chi connectivity index (χ2v) is 12.0. The first-order valence-corrected chi connectivity index (χ1v) is 13.7. The number of aliphatic hydroxyl groups excluding tert-OH is 1. The Labute approximate surface area is 222 Å². The molecule has 1 fully saturated rings. The zero-order valence-corrected chi connectivity index (χ0v) is 23.3. The maximum absolute atomic E-state index is 13.2. The summed E-state index contributed by atoms with van der Waals surface area (Å²) >= 11 is 1.40. The van der Waals surface area contributed by atoms with Gasteiger partial charge in [-0.3, -0.25) is 4.79 Å². The minimum atomic E-state index is -0.933. The van der Waals surface area contributed by atoms with Gasteiger partial charge >= 0.3 is 5.97 Å². The van der Waals surface area contributed by atoms with Crippen molar-refractivity contribution in [3.05, 3.63) is 44.2 Å². The summed E-state index contributed by atoms with van der Waals surface area (Å²) in [6.45, 7) is 11.4. The fourth-order valence-electron chi connectivity index (χ4n) is 4.93. The molecule has 0 aliphatic carbocycles. The summed E-state index contributed by atoms with van der Waals surface area (Å²) in [4.78, 5) is 33.2. The summed E-state index contributed by atoms with van der Waals surface area (Å²) in [7, 11) is 0. The number of cyclic esters (lactones) is 1. The molecule has 2 aliphatic rings. The molecule has 0 bridgehead atoms. The van der Waals surface area contributed by atoms with E-state index in [-0.39, 0.29) is 30.0 Å². The minimum absolute atomic E-state index is 0.0304. The van der Waals surface area contributed by atoms with Gasteiger partial charge in [0.1, 0.15) is 11.9 Å². The molecule has 3 heterocycles. The fraction of sp³-hybridized carbons (Fsp3) is 0.667. The lowest BCUT2D eigenvalue weighted by Crippen LogP contribution is -2.38. The van der Waals surface area contributed by atoms with E-state index < -0.39 is 29.5 Å². The number of aromatic nitrogens is 1. The van der Waals surface area contributed by atoms with Crippen LogP contribution >= 0.6 is 11.3 Å². The third-order valence-electron chi connectivity index (χ3n) is 7.56. The molecule has 0 aromatic carbocycles. The highest BCUT2D eigenvalue weighted by molar-refractivity contribution is 7.09. The van der Waals surface area contributed by atoms with Crippen molar-refractivity contribution in [3.63, 3.8) is 0 Å². The SMILES string of the molecule is C/C(=C\c1csc(CN=[N+]=[N-])n1)[C@@H]1C[C@@H]2O[C@]2(C)CCCC(C)[C@H](O)C(C)C(=O)C(C)(C)/C=C/C(=O)O1. The number of Topliss-reactive ketones (excluding diaryl/α,β-unsaturated/α-hetero) is 1. The molecular weight excluding hydrogens is 492 g/mol. The zero-order valence-electron chi connectivity index (χ0n) is 22.5. The van der Waals surface area contributed by atoms with Crippen LogP contribution in [0, 0.1) is 17.3 Å². The highest BCUT2D eigenvalue weighted by atomic mass is 32.1. The molecule has 1 N–H and O–H groups in total. The smallest absolute Gasteiger partial charge is 0.331 e. The van der Waals surface area contributed by atoms with Gasteiger partial charge in [0, 0.05) is 34.1 Å². The average Bonchev–Trinajstić information content (AvgIpc) is 3.26. The van der Waals surface area contributed by atoms with Crippen LogP contribution in [-0.4, -0.2) is 45.8 Å². The number of carbonyl (C=O) groups is 2. The van der Waals surface area contributed by atoms with Crippen LogP contribution in [0.2, 0.25) is 0 Å². The predicted molar refractivity (Wildman–Crippen MR) is 143 cm³/mol. The lowest BCUT2D eigenvalue weighted by Gasteiger charge is -2.30. The first-order valence-electron chi connectivity index (χ1n) is 12.8. The van der Waals surface area contributed by atoms with Crippen molar-refractivity contribution in [1.82, 2.24) is 4.98 Å². The largest absolute Gasteiger partial charge is 0.455 e. The van der Waals surface area contributed by atoms with Gasteiger partial charge in [-0.1, -0.05) is 31.5 Å². The van der Waals surface area contributed by atoms with Crippen LogP contribution in [0.3, 0.4) is 0 Å². The van der Waals surface area contributed by atoms with Gasteiger partial charge in [-0.2, -0.15) is 0 Å². The monoisotopic (exact) mass is 530 g/mol. The highest BCUT2D eigenvalue weighted by Crippen LogP contribution is 2.45. The fourth-order valence-corrected chi connectivity index (χ4v) is 5.60. The van der Waals surface area contributed by atoms with E-state index in [0.717, 1.165) is 24.8 Å². The quantitative estimate of drug-likeness (QED) is 0.172. The van der Waals surface area contributed by atoms with E-state index in [9.17, 15) is 14.7 Å². The summed E-state index contributed by atoms with van der Waals surface area (Å²) in [5, 5.41) is 16.9. The summed E-state index contributed by atoms with van der Waals surface area (Å²) in [6.07, 6.45) is 6.38. The summed E-state index contributed by atoms with van der Waals surface area (Å²) in [6, 6.07) is 0. The van der Waals surface area contributed by atoms with Crippen LogP contribution in [-0.2, 0) is 25.6 Å². The Balaban J connectivity index is 1.85. The number of thiazole rings is 1. The molecule has 0 amide bonds. The lowest BCUT2D eigenvalue weighted by atomic mass is 9.76. The van der Waals surface area contributed by atoms with Crippen LogP contribution in [0.5, 0.6) is 0 Å². The average molecular weight is 531 g/mol. The van der Waals surface area contributed by atoms with Gasteiger partial charge < -0.3 is 14.6 Å². The Morgan fingerprint density at radius 2 is 2.08 bits per heavy atom. The van der Waals surface area contributed by atoms with Crippen molar-refractivity contribution in [3.8, 4) is 0 Å². The van der Waals surface area contributed by atoms with Crippen molar-refractivity contribution in [2.24, 2.45) is 22.4 Å². The standard InChI is InChI=1S/C27H38N4O5S/c1-16-8-7-10-27(6)21(36-27)13-20(17(2)12-19-15-37-22(30-19)14-29-31-28)35-23(32)9-11-26(4,5)25(34)18(3)24(16)33/h9,11-12,15-16,18,20-21,24,33H,7-8,10,13-14H2,1-6H3/b11-9+,17-12+/t16?,18?,20-,21-,24-,27+/m0/s1. The molecule has 0 radical (unpaired) electrons. The molecule has 1 aromatic rings. The second-order valence-electron chi connectivity index (χ2n) is 11.1. The molecule has 1 aromatic heterocycles. The van der Waals surface area contributed by atoms with Gasteiger partial charge in [-0.25, -0.2) is 9.78 Å². The molecule has 3 rings (SSSR count). The molecular formula is C27H38N4O5S. The van der Waals surface area contributed by atoms with E-state index in [1.165, 1.54) is 17.4 Å². The summed E-state index contributed by atoms with van der Waals surface area (Å²) < 4.78 is 11.9. The van der Waals surface area contributed by atoms with E-state index in [1.807, 2.05) is 25.3 Å². The van der Waals surface area contributed by atoms with Crippen molar-refractivity contribution in [2.75, 3.05) is 0 Å². The molecule has 2 aliphatic heterocycles. The van der Waals surface area contributed by atoms with Gasteiger partial charge in [-0.05, 0) is 63.6 Å². The molecule has 202 valence electrons. The first kappa shape index (κ1) is 29.0. The lowest BCUT2D eigenvalue weighted by molar-refractivity contribution is -0.141. The molecule has 1 saturated heterocycles. The third kappa shape index (κ3) is 7.51. The molecule has 9 nitrogen and oxygen atoms in total. The number of ether oxygens (including phenoxy) is 2. The number of esters is 1. The summed E-state index contributed by atoms with van der Waals surface area (Å²) in [5.74, 6) is -1.25. The number of nitrogens with zero attached hydrogens (tertiary/aromatic N) is 4. The van der Waals surface area contributed by atoms with Crippen LogP contribution in [0.15, 0.2) is 28.2 Å². The van der Waals surface area contributed by atoms with Crippen molar-refractivity contribution in [1.29, 1.82) is 0 Å². The van der Waals surface area contributed by atoms with Crippen LogP contribution in [0.1, 0.15) is 77.9 Å².